The number of nitrogens with two attached hydrogens (primary N) is 1. The van der Waals surface area contributed by atoms with Crippen LogP contribution in [0.3, 0.4) is 0 Å². The Morgan fingerprint density at radius 2 is 1.95 bits per heavy atom. The molecule has 21 heavy (non-hydrogen) atoms. The van der Waals surface area contributed by atoms with E-state index in [0.717, 1.165) is 29.0 Å². The molecule has 0 atom stereocenters. The van der Waals surface area contributed by atoms with Gasteiger partial charge in [-0.3, -0.25) is 10.2 Å². The van der Waals surface area contributed by atoms with Crippen LogP contribution in [0.25, 0.3) is 0 Å². The van der Waals surface area contributed by atoms with E-state index in [-0.39, 0.29) is 12.4 Å². The Morgan fingerprint density at radius 3 is 2.43 bits per heavy atom. The van der Waals surface area contributed by atoms with Gasteiger partial charge in [0.05, 0.1) is 6.61 Å². The average molecular weight is 315 g/mol. The maximum Gasteiger partial charge on any atom is 0.353 e. The first kappa shape index (κ1) is 19.2. The van der Waals surface area contributed by atoms with Crippen molar-refractivity contribution in [2.45, 2.75) is 33.6 Å². The molecule has 0 aromatic heterocycles. The Balaban J connectivity index is 0.00000400. The number of aryl methyl sites for hydroxylation is 2. The number of hydrogen-bond acceptors (Lipinski definition) is 3. The van der Waals surface area contributed by atoms with Gasteiger partial charge in [-0.2, -0.15) is 0 Å². The highest BCUT2D eigenvalue weighted by atomic mass is 35.5. The zero-order valence-corrected chi connectivity index (χ0v) is 13.4. The van der Waals surface area contributed by atoms with Crippen LogP contribution in [0, 0.1) is 19.3 Å². The van der Waals surface area contributed by atoms with Crippen LogP contribution in [0.2, 0.25) is 0 Å². The van der Waals surface area contributed by atoms with E-state index < -0.39 is 12.0 Å². The first-order chi connectivity index (χ1) is 9.47. The fourth-order valence-electron chi connectivity index (χ4n) is 1.71. The van der Waals surface area contributed by atoms with Crippen molar-refractivity contribution in [1.82, 2.24) is 5.06 Å². The van der Waals surface area contributed by atoms with Gasteiger partial charge in [-0.25, -0.2) is 4.79 Å². The number of para-hydroxylation sites is 1. The van der Waals surface area contributed by atoms with Crippen molar-refractivity contribution >= 4 is 30.1 Å². The molecule has 0 aliphatic carbocycles. The van der Waals surface area contributed by atoms with Gasteiger partial charge in [0.2, 0.25) is 5.96 Å². The van der Waals surface area contributed by atoms with Crippen molar-refractivity contribution in [2.24, 2.45) is 5.73 Å². The summed E-state index contributed by atoms with van der Waals surface area (Å²) in [5, 5.41) is 10.9. The van der Waals surface area contributed by atoms with Crippen molar-refractivity contribution in [2.75, 3.05) is 11.9 Å². The van der Waals surface area contributed by atoms with E-state index in [1.54, 1.807) is 0 Å². The Morgan fingerprint density at radius 1 is 1.38 bits per heavy atom. The molecule has 7 heteroatoms. The maximum atomic E-state index is 12.1. The third kappa shape index (κ3) is 5.61. The number of hydroxylamine groups is 2. The van der Waals surface area contributed by atoms with Crippen LogP contribution in [-0.2, 0) is 4.84 Å². The highest BCUT2D eigenvalue weighted by Crippen LogP contribution is 2.19. The lowest BCUT2D eigenvalue weighted by atomic mass is 10.1. The molecule has 0 fully saturated rings. The third-order valence-electron chi connectivity index (χ3n) is 2.83. The van der Waals surface area contributed by atoms with E-state index in [0.29, 0.717) is 12.3 Å². The zero-order valence-electron chi connectivity index (χ0n) is 12.6. The number of carbonyl (C=O) groups excluding carboxylic acids is 1. The van der Waals surface area contributed by atoms with Crippen LogP contribution in [-0.4, -0.2) is 23.7 Å². The second-order valence-electron chi connectivity index (χ2n) is 4.56. The van der Waals surface area contributed by atoms with E-state index in [9.17, 15) is 4.79 Å². The summed E-state index contributed by atoms with van der Waals surface area (Å²) in [7, 11) is 0. The number of nitrogens with zero attached hydrogens (tertiary/aromatic N) is 1. The van der Waals surface area contributed by atoms with Crippen LogP contribution in [0.4, 0.5) is 10.5 Å². The normalized spacial score (nSPS) is 9.67. The summed E-state index contributed by atoms with van der Waals surface area (Å²) in [6, 6.07) is 5.16. The SMILES string of the molecule is CCCCON(C(=N)N)C(=O)Nc1c(C)cccc1C.Cl. The second kappa shape index (κ2) is 9.20. The molecular formula is C14H23ClN4O2. The van der Waals surface area contributed by atoms with E-state index >= 15 is 0 Å². The number of anilines is 1. The lowest BCUT2D eigenvalue weighted by molar-refractivity contribution is -0.0601. The number of benzene rings is 1. The predicted octanol–water partition coefficient (Wildman–Crippen LogP) is 3.18. The fraction of sp³-hybridized carbons (Fsp3) is 0.429. The number of urea groups is 1. The number of rotatable bonds is 5. The van der Waals surface area contributed by atoms with Gasteiger partial charge >= 0.3 is 6.03 Å². The van der Waals surface area contributed by atoms with Crippen LogP contribution < -0.4 is 11.1 Å². The first-order valence-corrected chi connectivity index (χ1v) is 6.61. The van der Waals surface area contributed by atoms with Crippen LogP contribution >= 0.6 is 12.4 Å². The molecule has 0 aliphatic rings. The first-order valence-electron chi connectivity index (χ1n) is 6.61. The molecule has 0 spiro atoms. The van der Waals surface area contributed by atoms with Gasteiger partial charge in [-0.15, -0.1) is 17.5 Å². The number of halogens is 1. The lowest BCUT2D eigenvalue weighted by Crippen LogP contribution is -2.44. The number of nitrogens with one attached hydrogen (secondary N) is 2. The van der Waals surface area contributed by atoms with Crippen LogP contribution in [0.5, 0.6) is 0 Å². The quantitative estimate of drug-likeness (QED) is 0.337. The highest BCUT2D eigenvalue weighted by molar-refractivity contribution is 6.00. The smallest absolute Gasteiger partial charge is 0.353 e. The van der Waals surface area contributed by atoms with Crippen LogP contribution in [0.15, 0.2) is 18.2 Å². The molecule has 2 amide bonds. The predicted molar refractivity (Wildman–Crippen MR) is 86.8 cm³/mol. The molecular weight excluding hydrogens is 292 g/mol. The number of amides is 2. The topological polar surface area (TPSA) is 91.4 Å². The molecule has 118 valence electrons. The molecule has 1 rings (SSSR count). The Labute approximate surface area is 131 Å². The summed E-state index contributed by atoms with van der Waals surface area (Å²) in [5.74, 6) is -0.440. The summed E-state index contributed by atoms with van der Waals surface area (Å²) < 4.78 is 0. The maximum absolute atomic E-state index is 12.1. The minimum atomic E-state index is -0.564. The zero-order chi connectivity index (χ0) is 15.1. The molecule has 6 nitrogen and oxygen atoms in total. The third-order valence-corrected chi connectivity index (χ3v) is 2.83. The van der Waals surface area contributed by atoms with Crippen molar-refractivity contribution in [3.63, 3.8) is 0 Å². The Hall–Kier alpha value is -1.79. The highest BCUT2D eigenvalue weighted by Gasteiger charge is 2.19. The molecule has 1 aromatic rings. The number of hydrogen-bond donors (Lipinski definition) is 3. The van der Waals surface area contributed by atoms with Gasteiger partial charge in [-0.1, -0.05) is 31.5 Å². The van der Waals surface area contributed by atoms with E-state index in [4.69, 9.17) is 16.0 Å². The molecule has 0 heterocycles. The van der Waals surface area contributed by atoms with Gasteiger partial charge in [0.1, 0.15) is 0 Å². The average Bonchev–Trinajstić information content (AvgIpc) is 2.38. The molecule has 1 aromatic carbocycles. The summed E-state index contributed by atoms with van der Waals surface area (Å²) in [4.78, 5) is 17.4. The second-order valence-corrected chi connectivity index (χ2v) is 4.56. The van der Waals surface area contributed by atoms with Gasteiger partial charge in [0.15, 0.2) is 0 Å². The molecule has 4 N–H and O–H groups in total. The largest absolute Gasteiger partial charge is 0.368 e. The summed E-state index contributed by atoms with van der Waals surface area (Å²) >= 11 is 0. The molecule has 0 saturated carbocycles. The van der Waals surface area contributed by atoms with Crippen molar-refractivity contribution < 1.29 is 9.63 Å². The monoisotopic (exact) mass is 314 g/mol. The van der Waals surface area contributed by atoms with Crippen molar-refractivity contribution in [3.8, 4) is 0 Å². The fourth-order valence-corrected chi connectivity index (χ4v) is 1.71. The Kier molecular flexibility index (Phi) is 8.42. The van der Waals surface area contributed by atoms with Gasteiger partial charge in [-0.05, 0) is 31.4 Å². The van der Waals surface area contributed by atoms with Crippen LogP contribution in [0.1, 0.15) is 30.9 Å². The Bertz CT molecular complexity index is 474. The van der Waals surface area contributed by atoms with Crippen molar-refractivity contribution in [1.29, 1.82) is 5.41 Å². The van der Waals surface area contributed by atoms with Gasteiger partial charge in [0.25, 0.3) is 0 Å². The minimum absolute atomic E-state index is 0. The number of guanidine groups is 1. The summed E-state index contributed by atoms with van der Waals surface area (Å²) in [6.45, 7) is 6.16. The number of carbonyl (C=O) groups is 1. The van der Waals surface area contributed by atoms with Gasteiger partial charge < -0.3 is 11.1 Å². The molecule has 0 unspecified atom stereocenters. The summed E-state index contributed by atoms with van der Waals surface area (Å²) in [5.41, 5.74) is 7.96. The summed E-state index contributed by atoms with van der Waals surface area (Å²) in [6.07, 6.45) is 1.73. The van der Waals surface area contributed by atoms with Crippen molar-refractivity contribution in [3.05, 3.63) is 29.3 Å². The standard InChI is InChI=1S/C14H22N4O2.ClH/c1-4-5-9-20-18(13(15)16)14(19)17-12-10(2)7-6-8-11(12)3;/h6-8H,4-5,9H2,1-3H3,(H3,15,16)(H,17,19);1H. The van der Waals surface area contributed by atoms with E-state index in [1.807, 2.05) is 39.0 Å². The molecule has 0 aliphatic heterocycles. The molecule has 0 radical (unpaired) electrons. The number of unbranched alkanes of at least 4 members (excludes halogenated alkanes) is 1. The molecule has 0 bridgehead atoms. The minimum Gasteiger partial charge on any atom is -0.368 e. The molecule has 0 saturated heterocycles. The van der Waals surface area contributed by atoms with E-state index in [1.165, 1.54) is 0 Å². The van der Waals surface area contributed by atoms with E-state index in [2.05, 4.69) is 5.32 Å². The van der Waals surface area contributed by atoms with Gasteiger partial charge in [0, 0.05) is 5.69 Å². The lowest BCUT2D eigenvalue weighted by Gasteiger charge is -2.21.